The van der Waals surface area contributed by atoms with Crippen LogP contribution in [-0.2, 0) is 14.8 Å². The third kappa shape index (κ3) is 2.96. The maximum absolute atomic E-state index is 12.1. The standard InChI is InChI=1S/C13H20N4O3S/c1-16(2)21(19,20)10-3-4-12(11(14)7-10)17-6-5-9(8-17)13(15)18/h3-4,7,9H,5-6,8,14H2,1-2H3,(H2,15,18). The summed E-state index contributed by atoms with van der Waals surface area (Å²) in [7, 11) is -0.564. The lowest BCUT2D eigenvalue weighted by Gasteiger charge is -2.21. The van der Waals surface area contributed by atoms with Crippen LogP contribution in [0.3, 0.4) is 0 Å². The number of hydrogen-bond donors (Lipinski definition) is 2. The second-order valence-electron chi connectivity index (χ2n) is 5.34. The lowest BCUT2D eigenvalue weighted by molar-refractivity contribution is -0.121. The molecule has 0 bridgehead atoms. The maximum Gasteiger partial charge on any atom is 0.242 e. The highest BCUT2D eigenvalue weighted by atomic mass is 32.2. The molecule has 0 aromatic heterocycles. The Balaban J connectivity index is 2.27. The van der Waals surface area contributed by atoms with E-state index in [1.54, 1.807) is 6.07 Å². The Morgan fingerprint density at radius 1 is 1.38 bits per heavy atom. The second kappa shape index (κ2) is 5.53. The lowest BCUT2D eigenvalue weighted by Crippen LogP contribution is -2.28. The summed E-state index contributed by atoms with van der Waals surface area (Å²) >= 11 is 0. The predicted octanol–water partition coefficient (Wildman–Crippen LogP) is -0.169. The van der Waals surface area contributed by atoms with Gasteiger partial charge in [-0.1, -0.05) is 0 Å². The summed E-state index contributed by atoms with van der Waals surface area (Å²) in [5, 5.41) is 0. The van der Waals surface area contributed by atoms with Gasteiger partial charge < -0.3 is 16.4 Å². The molecular formula is C13H20N4O3S. The number of carbonyl (C=O) groups excluding carboxylic acids is 1. The molecule has 1 saturated heterocycles. The van der Waals surface area contributed by atoms with Gasteiger partial charge in [0, 0.05) is 27.2 Å². The van der Waals surface area contributed by atoms with Crippen molar-refractivity contribution in [2.45, 2.75) is 11.3 Å². The van der Waals surface area contributed by atoms with Crippen LogP contribution in [0.1, 0.15) is 6.42 Å². The van der Waals surface area contributed by atoms with Crippen molar-refractivity contribution in [2.75, 3.05) is 37.8 Å². The molecule has 1 unspecified atom stereocenters. The first-order chi connectivity index (χ1) is 9.73. The van der Waals surface area contributed by atoms with Crippen LogP contribution >= 0.6 is 0 Å². The van der Waals surface area contributed by atoms with Crippen molar-refractivity contribution in [3.63, 3.8) is 0 Å². The van der Waals surface area contributed by atoms with Crippen molar-refractivity contribution in [1.29, 1.82) is 0 Å². The monoisotopic (exact) mass is 312 g/mol. The molecule has 8 heteroatoms. The van der Waals surface area contributed by atoms with Gasteiger partial charge >= 0.3 is 0 Å². The molecule has 0 aliphatic carbocycles. The Hall–Kier alpha value is -1.80. The number of hydrogen-bond acceptors (Lipinski definition) is 5. The van der Waals surface area contributed by atoms with Crippen LogP contribution in [0.25, 0.3) is 0 Å². The Morgan fingerprint density at radius 3 is 2.52 bits per heavy atom. The van der Waals surface area contributed by atoms with E-state index >= 15 is 0 Å². The zero-order chi connectivity index (χ0) is 15.8. The van der Waals surface area contributed by atoms with Gasteiger partial charge in [-0.3, -0.25) is 4.79 Å². The summed E-state index contributed by atoms with van der Waals surface area (Å²) in [4.78, 5) is 13.3. The number of primary amides is 1. The second-order valence-corrected chi connectivity index (χ2v) is 7.49. The van der Waals surface area contributed by atoms with Gasteiger partial charge in [-0.25, -0.2) is 12.7 Å². The predicted molar refractivity (Wildman–Crippen MR) is 81.2 cm³/mol. The highest BCUT2D eigenvalue weighted by molar-refractivity contribution is 7.89. The first-order valence-electron chi connectivity index (χ1n) is 6.60. The number of benzene rings is 1. The number of nitrogen functional groups attached to an aromatic ring is 1. The zero-order valence-corrected chi connectivity index (χ0v) is 12.9. The van der Waals surface area contributed by atoms with Gasteiger partial charge in [0.25, 0.3) is 0 Å². The molecule has 2 rings (SSSR count). The molecule has 1 aromatic carbocycles. The fourth-order valence-corrected chi connectivity index (χ4v) is 3.34. The van der Waals surface area contributed by atoms with Crippen molar-refractivity contribution in [1.82, 2.24) is 4.31 Å². The highest BCUT2D eigenvalue weighted by Gasteiger charge is 2.28. The number of nitrogens with two attached hydrogens (primary N) is 2. The quantitative estimate of drug-likeness (QED) is 0.750. The molecule has 21 heavy (non-hydrogen) atoms. The van der Waals surface area contributed by atoms with Crippen molar-refractivity contribution in [3.05, 3.63) is 18.2 Å². The summed E-state index contributed by atoms with van der Waals surface area (Å²) < 4.78 is 25.2. The number of sulfonamides is 1. The molecule has 1 atom stereocenters. The van der Waals surface area contributed by atoms with Crippen molar-refractivity contribution < 1.29 is 13.2 Å². The Bertz CT molecular complexity index is 657. The fraction of sp³-hybridized carbons (Fsp3) is 0.462. The van der Waals surface area contributed by atoms with Crippen molar-refractivity contribution >= 4 is 27.3 Å². The molecule has 7 nitrogen and oxygen atoms in total. The lowest BCUT2D eigenvalue weighted by atomic mass is 10.1. The molecule has 1 aromatic rings. The molecule has 1 heterocycles. The molecule has 1 fully saturated rings. The summed E-state index contributed by atoms with van der Waals surface area (Å²) in [6.45, 7) is 1.19. The molecule has 1 aliphatic rings. The Labute approximate surface area is 124 Å². The highest BCUT2D eigenvalue weighted by Crippen LogP contribution is 2.31. The van der Waals surface area contributed by atoms with Crippen molar-refractivity contribution in [2.24, 2.45) is 11.7 Å². The van der Waals surface area contributed by atoms with Gasteiger partial charge in [-0.05, 0) is 24.6 Å². The Morgan fingerprint density at radius 2 is 2.05 bits per heavy atom. The van der Waals surface area contributed by atoms with Gasteiger partial charge in [0.1, 0.15) is 0 Å². The van der Waals surface area contributed by atoms with E-state index in [2.05, 4.69) is 0 Å². The molecule has 116 valence electrons. The van der Waals surface area contributed by atoms with Crippen LogP contribution in [0.2, 0.25) is 0 Å². The van der Waals surface area contributed by atoms with E-state index in [-0.39, 0.29) is 16.7 Å². The third-order valence-electron chi connectivity index (χ3n) is 3.71. The van der Waals surface area contributed by atoms with E-state index < -0.39 is 10.0 Å². The van der Waals surface area contributed by atoms with Crippen LogP contribution in [0.5, 0.6) is 0 Å². The number of nitrogens with zero attached hydrogens (tertiary/aromatic N) is 2. The minimum Gasteiger partial charge on any atom is -0.397 e. The first-order valence-corrected chi connectivity index (χ1v) is 8.04. The molecule has 0 saturated carbocycles. The number of rotatable bonds is 4. The van der Waals surface area contributed by atoms with Crippen molar-refractivity contribution in [3.8, 4) is 0 Å². The number of carbonyl (C=O) groups is 1. The molecule has 1 aliphatic heterocycles. The fourth-order valence-electron chi connectivity index (χ4n) is 2.40. The van der Waals surface area contributed by atoms with Gasteiger partial charge in [-0.2, -0.15) is 0 Å². The summed E-state index contributed by atoms with van der Waals surface area (Å²) in [5.41, 5.74) is 12.4. The van der Waals surface area contributed by atoms with E-state index in [9.17, 15) is 13.2 Å². The van der Waals surface area contributed by atoms with Gasteiger partial charge in [-0.15, -0.1) is 0 Å². The van der Waals surface area contributed by atoms with Crippen LogP contribution in [-0.4, -0.2) is 45.8 Å². The van der Waals surface area contributed by atoms with E-state index in [0.717, 1.165) is 9.99 Å². The van der Waals surface area contributed by atoms with Crippen LogP contribution < -0.4 is 16.4 Å². The minimum absolute atomic E-state index is 0.152. The van der Waals surface area contributed by atoms with Gasteiger partial charge in [0.15, 0.2) is 0 Å². The largest absolute Gasteiger partial charge is 0.397 e. The Kier molecular flexibility index (Phi) is 4.11. The smallest absolute Gasteiger partial charge is 0.242 e. The number of amides is 1. The van der Waals surface area contributed by atoms with E-state index in [1.807, 2.05) is 4.90 Å². The summed E-state index contributed by atoms with van der Waals surface area (Å²) in [6.07, 6.45) is 0.687. The minimum atomic E-state index is -3.50. The van der Waals surface area contributed by atoms with Crippen LogP contribution in [0, 0.1) is 5.92 Å². The average molecular weight is 312 g/mol. The van der Waals surface area contributed by atoms with Crippen LogP contribution in [0.4, 0.5) is 11.4 Å². The maximum atomic E-state index is 12.1. The normalized spacial score (nSPS) is 19.2. The topological polar surface area (TPSA) is 110 Å². The number of anilines is 2. The third-order valence-corrected chi connectivity index (χ3v) is 5.52. The molecule has 0 spiro atoms. The summed E-state index contributed by atoms with van der Waals surface area (Å²) in [5.74, 6) is -0.502. The molecule has 0 radical (unpaired) electrons. The summed E-state index contributed by atoms with van der Waals surface area (Å²) in [6, 6.07) is 4.65. The average Bonchev–Trinajstić information content (AvgIpc) is 2.87. The van der Waals surface area contributed by atoms with E-state index in [1.165, 1.54) is 26.2 Å². The molecule has 1 amide bonds. The van der Waals surface area contributed by atoms with Gasteiger partial charge in [0.05, 0.1) is 22.2 Å². The zero-order valence-electron chi connectivity index (χ0n) is 12.1. The van der Waals surface area contributed by atoms with E-state index in [0.29, 0.717) is 25.2 Å². The molecule has 4 N–H and O–H groups in total. The molecular weight excluding hydrogens is 292 g/mol. The first kappa shape index (κ1) is 15.6. The van der Waals surface area contributed by atoms with Crippen LogP contribution in [0.15, 0.2) is 23.1 Å². The SMILES string of the molecule is CN(C)S(=O)(=O)c1ccc(N2CCC(C(N)=O)C2)c(N)c1. The van der Waals surface area contributed by atoms with E-state index in [4.69, 9.17) is 11.5 Å². The van der Waals surface area contributed by atoms with Gasteiger partial charge in [0.2, 0.25) is 15.9 Å².